The summed E-state index contributed by atoms with van der Waals surface area (Å²) >= 11 is 0. The number of allylic oxidation sites excluding steroid dienone is 10. The van der Waals surface area contributed by atoms with E-state index < -0.39 is 30.4 Å². The molecule has 0 amide bonds. The van der Waals surface area contributed by atoms with Crippen LogP contribution in [-0.2, 0) is 42.9 Å². The second kappa shape index (κ2) is 32.0. The van der Waals surface area contributed by atoms with Crippen LogP contribution in [0.2, 0.25) is 0 Å². The van der Waals surface area contributed by atoms with Gasteiger partial charge in [-0.25, -0.2) is 4.79 Å². The topological polar surface area (TPSA) is 155 Å². The SMILES string of the molecule is CCC1CC=CC=CCC(=O)CC2=CC(=O)OC(C2)CC(OC)C(C)CCC(C)C(C)C(O)CC(C)C=CC=C2CC(=O)OC(C=C(C)CC(COC)OC(=O)CC(C)C=CC=C(C)CC(O)C1)C2C. The van der Waals surface area contributed by atoms with Gasteiger partial charge in [-0.1, -0.05) is 144 Å². The van der Waals surface area contributed by atoms with Crippen molar-refractivity contribution in [1.82, 2.24) is 0 Å². The van der Waals surface area contributed by atoms with Gasteiger partial charge in [0.05, 0.1) is 37.8 Å². The van der Waals surface area contributed by atoms with Gasteiger partial charge in [0.25, 0.3) is 0 Å². The summed E-state index contributed by atoms with van der Waals surface area (Å²) in [6.45, 7) is 18.9. The van der Waals surface area contributed by atoms with E-state index in [1.165, 1.54) is 6.08 Å². The summed E-state index contributed by atoms with van der Waals surface area (Å²) in [6, 6.07) is 0. The zero-order chi connectivity index (χ0) is 51.8. The first-order valence-electron chi connectivity index (χ1n) is 26.2. The minimum absolute atomic E-state index is 0.0361. The molecule has 0 aliphatic carbocycles. The van der Waals surface area contributed by atoms with Crippen molar-refractivity contribution < 1.29 is 53.1 Å². The van der Waals surface area contributed by atoms with Crippen LogP contribution in [-0.4, -0.2) is 91.4 Å². The van der Waals surface area contributed by atoms with Crippen LogP contribution < -0.4 is 0 Å². The highest BCUT2D eigenvalue weighted by atomic mass is 16.6. The van der Waals surface area contributed by atoms with E-state index in [4.69, 9.17) is 23.7 Å². The van der Waals surface area contributed by atoms with E-state index in [1.807, 2.05) is 75.5 Å². The van der Waals surface area contributed by atoms with E-state index in [1.54, 1.807) is 14.2 Å². The van der Waals surface area contributed by atoms with Crippen molar-refractivity contribution in [3.05, 3.63) is 95.2 Å². The maximum Gasteiger partial charge on any atom is 0.330 e. The highest BCUT2D eigenvalue weighted by Crippen LogP contribution is 2.32. The molecular formula is C59H90O11. The van der Waals surface area contributed by atoms with Gasteiger partial charge in [-0.05, 0) is 87.5 Å². The molecule has 4 bridgehead atoms. The average molecular weight is 975 g/mol. The van der Waals surface area contributed by atoms with Crippen LogP contribution >= 0.6 is 0 Å². The number of cyclic esters (lactones) is 1. The number of carbonyl (C=O) groups is 4. The van der Waals surface area contributed by atoms with Crippen molar-refractivity contribution in [2.75, 3.05) is 20.8 Å². The number of fused-ring (bicyclic) bond motifs is 4. The predicted octanol–water partition coefficient (Wildman–Crippen LogP) is 11.6. The maximum absolute atomic E-state index is 13.1. The Morgan fingerprint density at radius 2 is 1.41 bits per heavy atom. The molecule has 392 valence electrons. The van der Waals surface area contributed by atoms with E-state index in [0.717, 1.165) is 48.0 Å². The van der Waals surface area contributed by atoms with Crippen LogP contribution in [0.1, 0.15) is 152 Å². The molecule has 1 fully saturated rings. The predicted molar refractivity (Wildman–Crippen MR) is 278 cm³/mol. The molecule has 3 aliphatic heterocycles. The highest BCUT2D eigenvalue weighted by molar-refractivity contribution is 5.88. The van der Waals surface area contributed by atoms with Crippen molar-refractivity contribution in [1.29, 1.82) is 0 Å². The van der Waals surface area contributed by atoms with Gasteiger partial charge in [0.15, 0.2) is 0 Å². The quantitative estimate of drug-likeness (QED) is 0.157. The fourth-order valence-corrected chi connectivity index (χ4v) is 9.75. The lowest BCUT2D eigenvalue weighted by atomic mass is 9.81. The molecule has 0 aromatic heterocycles. The molecule has 0 aromatic rings. The molecule has 11 heteroatoms. The maximum atomic E-state index is 13.1. The van der Waals surface area contributed by atoms with Gasteiger partial charge in [-0.3, -0.25) is 14.4 Å². The highest BCUT2D eigenvalue weighted by Gasteiger charge is 2.32. The summed E-state index contributed by atoms with van der Waals surface area (Å²) in [5.74, 6) is -0.201. The average Bonchev–Trinajstić information content (AvgIpc) is 3.28. The Bertz CT molecular complexity index is 1900. The number of esters is 3. The van der Waals surface area contributed by atoms with Crippen LogP contribution in [0.5, 0.6) is 0 Å². The van der Waals surface area contributed by atoms with Crippen LogP contribution in [0, 0.1) is 41.4 Å². The molecule has 13 unspecified atom stereocenters. The molecule has 13 atom stereocenters. The van der Waals surface area contributed by atoms with Crippen molar-refractivity contribution in [3.63, 3.8) is 0 Å². The molecule has 0 saturated carbocycles. The number of hydrogen-bond donors (Lipinski definition) is 2. The fraction of sp³-hybridized carbons (Fsp3) is 0.661. The summed E-state index contributed by atoms with van der Waals surface area (Å²) in [5.41, 5.74) is 3.73. The van der Waals surface area contributed by atoms with E-state index in [2.05, 4.69) is 53.7 Å². The number of aliphatic hydroxyl groups excluding tert-OH is 2. The van der Waals surface area contributed by atoms with Crippen LogP contribution in [0.25, 0.3) is 0 Å². The van der Waals surface area contributed by atoms with E-state index in [0.29, 0.717) is 44.4 Å². The number of methoxy groups -OCH3 is 2. The first-order valence-corrected chi connectivity index (χ1v) is 26.2. The summed E-state index contributed by atoms with van der Waals surface area (Å²) in [4.78, 5) is 51.5. The Hall–Kier alpha value is -4.16. The Balaban J connectivity index is 1.76. The van der Waals surface area contributed by atoms with Crippen molar-refractivity contribution in [3.8, 4) is 0 Å². The third-order valence-corrected chi connectivity index (χ3v) is 14.5. The lowest BCUT2D eigenvalue weighted by Gasteiger charge is -2.31. The van der Waals surface area contributed by atoms with E-state index >= 15 is 0 Å². The van der Waals surface area contributed by atoms with Gasteiger partial charge < -0.3 is 33.9 Å². The normalized spacial score (nSPS) is 33.4. The van der Waals surface area contributed by atoms with Gasteiger partial charge in [-0.15, -0.1) is 0 Å². The zero-order valence-electron chi connectivity index (χ0n) is 44.6. The van der Waals surface area contributed by atoms with Crippen molar-refractivity contribution >= 4 is 23.7 Å². The van der Waals surface area contributed by atoms with E-state index in [9.17, 15) is 29.4 Å². The van der Waals surface area contributed by atoms with Crippen molar-refractivity contribution in [2.45, 2.75) is 189 Å². The summed E-state index contributed by atoms with van der Waals surface area (Å²) in [6.07, 6.45) is 28.4. The molecular weight excluding hydrogens is 885 g/mol. The van der Waals surface area contributed by atoms with Crippen LogP contribution in [0.4, 0.5) is 0 Å². The molecule has 3 rings (SSSR count). The molecule has 3 heterocycles. The first-order chi connectivity index (χ1) is 33.3. The van der Waals surface area contributed by atoms with E-state index in [-0.39, 0.29) is 97.7 Å². The second-order valence-corrected chi connectivity index (χ2v) is 21.0. The minimum Gasteiger partial charge on any atom is -0.460 e. The largest absolute Gasteiger partial charge is 0.460 e. The summed E-state index contributed by atoms with van der Waals surface area (Å²) in [7, 11) is 3.27. The zero-order valence-corrected chi connectivity index (χ0v) is 44.6. The summed E-state index contributed by atoms with van der Waals surface area (Å²) in [5, 5.41) is 22.3. The number of ether oxygens (including phenoxy) is 5. The number of rotatable bonds is 4. The van der Waals surface area contributed by atoms with Gasteiger partial charge in [-0.2, -0.15) is 0 Å². The van der Waals surface area contributed by atoms with Crippen LogP contribution in [0.15, 0.2) is 95.2 Å². The monoisotopic (exact) mass is 975 g/mol. The molecule has 70 heavy (non-hydrogen) atoms. The number of ketones is 1. The molecule has 1 saturated heterocycles. The van der Waals surface area contributed by atoms with Crippen molar-refractivity contribution in [2.24, 2.45) is 41.4 Å². The van der Waals surface area contributed by atoms with Crippen LogP contribution in [0.3, 0.4) is 0 Å². The molecule has 2 N–H and O–H groups in total. The Morgan fingerprint density at radius 3 is 2.13 bits per heavy atom. The third kappa shape index (κ3) is 22.9. The standard InChI is InChI=1S/C59H90O11/c1-12-47-22-15-13-14-16-24-50(60)33-48-34-52(68-58(64)35-48)37-55(67-11)44(7)26-25-43(6)45(8)54(62)29-40(3)21-18-23-49-36-59(65)70-56(46(49)9)30-42(5)28-53(38-66-10)69-57(63)31-41(4)20-17-19-39(2)27-51(61)32-47/h13-21,23,30,35,40-41,43-47,51-56,61-62H,12,22,24-29,31-34,36-38H2,1-11H3. The Kier molecular flexibility index (Phi) is 27.5. The molecule has 0 spiro atoms. The van der Waals surface area contributed by atoms with Gasteiger partial charge in [0, 0.05) is 58.3 Å². The minimum atomic E-state index is -0.499. The first kappa shape index (κ1) is 60.1. The number of Topliss-reactive ketones (excluding diaryl/α,β-unsaturated/α-hetero) is 1. The fourth-order valence-electron chi connectivity index (χ4n) is 9.75. The third-order valence-electron chi connectivity index (χ3n) is 14.5. The Morgan fingerprint density at radius 1 is 0.714 bits per heavy atom. The molecule has 0 radical (unpaired) electrons. The smallest absolute Gasteiger partial charge is 0.330 e. The van der Waals surface area contributed by atoms with Gasteiger partial charge in [0.2, 0.25) is 0 Å². The molecule has 3 aliphatic rings. The van der Waals surface area contributed by atoms with Gasteiger partial charge in [0.1, 0.15) is 24.1 Å². The number of aliphatic hydroxyl groups is 2. The molecule has 0 aromatic carbocycles. The Labute approximate surface area is 421 Å². The van der Waals surface area contributed by atoms with Gasteiger partial charge >= 0.3 is 17.9 Å². The molecule has 11 nitrogen and oxygen atoms in total. The number of carbonyl (C=O) groups excluding carboxylic acids is 4. The summed E-state index contributed by atoms with van der Waals surface area (Å²) < 4.78 is 28.8. The second-order valence-electron chi connectivity index (χ2n) is 21.0. The number of hydrogen-bond acceptors (Lipinski definition) is 11. The lowest BCUT2D eigenvalue weighted by molar-refractivity contribution is -0.152. The lowest BCUT2D eigenvalue weighted by Crippen LogP contribution is -2.32.